The van der Waals surface area contributed by atoms with Crippen molar-refractivity contribution >= 4 is 56.2 Å². The van der Waals surface area contributed by atoms with Crippen molar-refractivity contribution in [1.82, 2.24) is 19.7 Å². The summed E-state index contributed by atoms with van der Waals surface area (Å²) in [6.45, 7) is 6.06. The molecule has 11 heteroatoms. The number of nitriles is 1. The highest BCUT2D eigenvalue weighted by Gasteiger charge is 2.32. The number of rotatable bonds is 4. The number of thiophene rings is 1. The number of benzene rings is 2. The van der Waals surface area contributed by atoms with Gasteiger partial charge in [-0.25, -0.2) is 4.98 Å². The molecule has 0 amide bonds. The highest BCUT2D eigenvalue weighted by Crippen LogP contribution is 2.39. The van der Waals surface area contributed by atoms with Crippen molar-refractivity contribution in [1.29, 1.82) is 5.26 Å². The molecule has 38 heavy (non-hydrogen) atoms. The summed E-state index contributed by atoms with van der Waals surface area (Å²) in [7, 11) is 0. The summed E-state index contributed by atoms with van der Waals surface area (Å²) in [5.74, 6) is 1.20. The maximum Gasteiger partial charge on any atom is 0.313 e. The van der Waals surface area contributed by atoms with Gasteiger partial charge in [0.2, 0.25) is 0 Å². The maximum absolute atomic E-state index is 13.2. The summed E-state index contributed by atoms with van der Waals surface area (Å²) < 4.78 is 8.54. The number of aryl methyl sites for hydroxylation is 2. The molecule has 4 heterocycles. The smallest absolute Gasteiger partial charge is 0.313 e. The minimum absolute atomic E-state index is 0.0409. The molecule has 0 radical (unpaired) electrons. The number of fused-ring (bicyclic) bond motifs is 4. The number of halogens is 1. The number of aliphatic imine (C=N–C) groups is 1. The lowest BCUT2D eigenvalue weighted by molar-refractivity contribution is -0.134. The van der Waals surface area contributed by atoms with Gasteiger partial charge in [0.15, 0.2) is 10.8 Å². The van der Waals surface area contributed by atoms with E-state index in [2.05, 4.69) is 29.0 Å². The Kier molecular flexibility index (Phi) is 6.07. The maximum atomic E-state index is 13.2. The highest BCUT2D eigenvalue weighted by molar-refractivity contribution is 7.19. The van der Waals surface area contributed by atoms with Crippen molar-refractivity contribution in [3.63, 3.8) is 0 Å². The van der Waals surface area contributed by atoms with Crippen molar-refractivity contribution in [3.8, 4) is 16.8 Å². The number of carbonyl (C=O) groups is 1. The zero-order valence-corrected chi connectivity index (χ0v) is 22.9. The number of ether oxygens (including phenoxy) is 1. The molecule has 0 spiro atoms. The second-order valence-corrected chi connectivity index (χ2v) is 11.5. The van der Waals surface area contributed by atoms with Gasteiger partial charge < -0.3 is 4.74 Å². The summed E-state index contributed by atoms with van der Waals surface area (Å²) in [5.41, 5.74) is 4.40. The molecule has 8 nitrogen and oxygen atoms in total. The predicted octanol–water partition coefficient (Wildman–Crippen LogP) is 6.28. The van der Waals surface area contributed by atoms with Crippen molar-refractivity contribution in [2.45, 2.75) is 33.2 Å². The largest absolute Gasteiger partial charge is 0.426 e. The van der Waals surface area contributed by atoms with Gasteiger partial charge in [-0.3, -0.25) is 14.4 Å². The normalized spacial score (nSPS) is 14.4. The van der Waals surface area contributed by atoms with Crippen LogP contribution in [-0.2, 0) is 4.79 Å². The van der Waals surface area contributed by atoms with Gasteiger partial charge in [0.05, 0.1) is 22.3 Å². The first-order valence-corrected chi connectivity index (χ1v) is 13.7. The van der Waals surface area contributed by atoms with Crippen LogP contribution in [0.5, 0.6) is 5.75 Å². The molecule has 0 N–H and O–H groups in total. The van der Waals surface area contributed by atoms with Crippen LogP contribution in [0.2, 0.25) is 5.02 Å². The lowest BCUT2D eigenvalue weighted by atomic mass is 9.99. The van der Waals surface area contributed by atoms with Crippen LogP contribution in [0.15, 0.2) is 47.5 Å². The summed E-state index contributed by atoms with van der Waals surface area (Å²) in [5, 5.41) is 19.8. The fourth-order valence-corrected chi connectivity index (χ4v) is 6.57. The predicted molar refractivity (Wildman–Crippen MR) is 148 cm³/mol. The lowest BCUT2D eigenvalue weighted by Gasteiger charge is -2.12. The molecule has 3 aromatic heterocycles. The second kappa shape index (κ2) is 9.44. The van der Waals surface area contributed by atoms with Crippen molar-refractivity contribution < 1.29 is 9.53 Å². The molecule has 0 aliphatic carbocycles. The van der Waals surface area contributed by atoms with Crippen LogP contribution >= 0.6 is 34.3 Å². The first-order valence-electron chi connectivity index (χ1n) is 11.7. The van der Waals surface area contributed by atoms with Gasteiger partial charge in [-0.15, -0.1) is 32.9 Å². The molecule has 1 aliphatic rings. The molecule has 0 unspecified atom stereocenters. The van der Waals surface area contributed by atoms with Gasteiger partial charge in [-0.1, -0.05) is 23.7 Å². The van der Waals surface area contributed by atoms with Crippen LogP contribution < -0.4 is 4.74 Å². The van der Waals surface area contributed by atoms with Gasteiger partial charge in [0.25, 0.3) is 0 Å². The molecule has 2 aromatic carbocycles. The van der Waals surface area contributed by atoms with Crippen LogP contribution in [0.3, 0.4) is 0 Å². The van der Waals surface area contributed by atoms with E-state index < -0.39 is 12.0 Å². The van der Waals surface area contributed by atoms with Crippen LogP contribution in [0.4, 0.5) is 0 Å². The summed E-state index contributed by atoms with van der Waals surface area (Å²) in [6, 6.07) is 14.1. The first kappa shape index (κ1) is 24.4. The van der Waals surface area contributed by atoms with E-state index in [1.165, 1.54) is 16.2 Å². The van der Waals surface area contributed by atoms with Gasteiger partial charge in [0.1, 0.15) is 28.7 Å². The topological polar surface area (TPSA) is 106 Å². The number of hydrogen-bond donors (Lipinski definition) is 0. The second-order valence-electron chi connectivity index (χ2n) is 8.84. The highest BCUT2D eigenvalue weighted by atomic mass is 35.5. The Hall–Kier alpha value is -3.91. The van der Waals surface area contributed by atoms with Crippen LogP contribution in [0, 0.1) is 32.1 Å². The Morgan fingerprint density at radius 1 is 1.13 bits per heavy atom. The number of thiazole rings is 1. The number of nitrogens with zero attached hydrogens (tertiary/aromatic N) is 6. The fraction of sp³-hybridized carbons (Fsp3) is 0.185. The zero-order chi connectivity index (χ0) is 26.6. The van der Waals surface area contributed by atoms with E-state index in [1.54, 1.807) is 29.5 Å². The molecule has 5 aromatic rings. The Morgan fingerprint density at radius 3 is 2.68 bits per heavy atom. The molecule has 188 valence electrons. The number of hydrogen-bond acceptors (Lipinski definition) is 9. The van der Waals surface area contributed by atoms with Crippen LogP contribution in [0.25, 0.3) is 15.2 Å². The molecule has 0 bridgehead atoms. The number of aromatic nitrogens is 4. The average Bonchev–Trinajstić information content (AvgIpc) is 3.54. The Bertz CT molecular complexity index is 1810. The number of carbonyl (C=O) groups excluding carboxylic acids is 1. The molecular weight excluding hydrogens is 540 g/mol. The van der Waals surface area contributed by atoms with Crippen molar-refractivity contribution in [3.05, 3.63) is 85.7 Å². The summed E-state index contributed by atoms with van der Waals surface area (Å²) in [4.78, 5) is 23.7. The van der Waals surface area contributed by atoms with Gasteiger partial charge in [0, 0.05) is 27.1 Å². The van der Waals surface area contributed by atoms with E-state index in [-0.39, 0.29) is 6.42 Å². The minimum Gasteiger partial charge on any atom is -0.426 e. The van der Waals surface area contributed by atoms with E-state index in [4.69, 9.17) is 26.6 Å². The molecular formula is C27H19ClN6O2S2. The van der Waals surface area contributed by atoms with Gasteiger partial charge in [-0.05, 0) is 50.6 Å². The SMILES string of the molecule is Cc1sc2c(c1C)C(c1ccc(Cl)cc1)=N[C@@H](CC(=O)Oc1ccc3sc(C#N)nc3c1)c1nnc(C)n1-2. The van der Waals surface area contributed by atoms with E-state index in [0.29, 0.717) is 27.1 Å². The minimum atomic E-state index is -0.623. The van der Waals surface area contributed by atoms with Crippen LogP contribution in [0.1, 0.15) is 50.7 Å². The van der Waals surface area contributed by atoms with E-state index in [0.717, 1.165) is 37.9 Å². The molecule has 6 rings (SSSR count). The monoisotopic (exact) mass is 558 g/mol. The third-order valence-corrected chi connectivity index (χ3v) is 8.79. The molecule has 0 fully saturated rings. The van der Waals surface area contributed by atoms with E-state index in [1.807, 2.05) is 41.8 Å². The third kappa shape index (κ3) is 4.19. The molecule has 0 saturated carbocycles. The first-order chi connectivity index (χ1) is 18.3. The molecule has 0 saturated heterocycles. The Balaban J connectivity index is 1.40. The van der Waals surface area contributed by atoms with Crippen molar-refractivity contribution in [2.24, 2.45) is 4.99 Å². The summed E-state index contributed by atoms with van der Waals surface area (Å²) >= 11 is 9.12. The summed E-state index contributed by atoms with van der Waals surface area (Å²) in [6.07, 6.45) is -0.0409. The Labute approximate surface area is 230 Å². The van der Waals surface area contributed by atoms with Crippen LogP contribution in [-0.4, -0.2) is 31.4 Å². The molecule has 1 atom stereocenters. The third-order valence-electron chi connectivity index (χ3n) is 6.40. The quantitative estimate of drug-likeness (QED) is 0.190. The lowest BCUT2D eigenvalue weighted by Crippen LogP contribution is -2.15. The number of esters is 1. The zero-order valence-electron chi connectivity index (χ0n) is 20.5. The van der Waals surface area contributed by atoms with E-state index in [9.17, 15) is 4.79 Å². The standard InChI is InChI=1S/C27H19ClN6O2S2/c1-13-14(2)37-27-24(13)25(16-4-6-17(28)7-5-16)31-20(26-33-32-15(3)34(26)27)11-23(35)36-18-8-9-21-19(10-18)30-22(12-29)38-21/h4-10,20H,11H2,1-3H3/t20-/m0/s1. The van der Waals surface area contributed by atoms with E-state index >= 15 is 0 Å². The van der Waals surface area contributed by atoms with Crippen molar-refractivity contribution in [2.75, 3.05) is 0 Å². The Morgan fingerprint density at radius 2 is 1.92 bits per heavy atom. The van der Waals surface area contributed by atoms with Gasteiger partial charge in [-0.2, -0.15) is 5.26 Å². The fourth-order valence-electron chi connectivity index (χ4n) is 4.48. The molecule has 1 aliphatic heterocycles. The van der Waals surface area contributed by atoms with Gasteiger partial charge >= 0.3 is 5.97 Å². The average molecular weight is 559 g/mol.